The van der Waals surface area contributed by atoms with Gasteiger partial charge in [0.25, 0.3) is 5.17 Å². The molecule has 2 atom stereocenters. The second-order valence-corrected chi connectivity index (χ2v) is 6.84. The zero-order chi connectivity index (χ0) is 18.1. The zero-order valence-corrected chi connectivity index (χ0v) is 15.1. The zero-order valence-electron chi connectivity index (χ0n) is 14.3. The first kappa shape index (κ1) is 16.8. The Hall–Kier alpha value is -2.61. The van der Waals surface area contributed by atoms with Crippen molar-refractivity contribution in [2.45, 2.75) is 30.9 Å². The van der Waals surface area contributed by atoms with E-state index in [9.17, 15) is 4.79 Å². The highest BCUT2D eigenvalue weighted by atomic mass is 32.1. The molecule has 1 aromatic heterocycles. The smallest absolute Gasteiger partial charge is 0.269 e. The van der Waals surface area contributed by atoms with Gasteiger partial charge in [-0.05, 0) is 30.8 Å². The van der Waals surface area contributed by atoms with Crippen molar-refractivity contribution in [3.05, 3.63) is 42.5 Å². The van der Waals surface area contributed by atoms with Crippen LogP contribution in [0.4, 0.5) is 0 Å². The first-order valence-corrected chi connectivity index (χ1v) is 8.81. The second-order valence-electron chi connectivity index (χ2n) is 6.49. The van der Waals surface area contributed by atoms with Crippen LogP contribution in [0.2, 0.25) is 0 Å². The molecule has 2 aliphatic heterocycles. The SMILES string of the molecule is COc1cccc2c1CC1(CO2)NC(=O)CCC1OC(=S)n1ccnc1. The van der Waals surface area contributed by atoms with Crippen LogP contribution in [-0.2, 0) is 16.0 Å². The van der Waals surface area contributed by atoms with Crippen LogP contribution >= 0.6 is 12.2 Å². The first-order chi connectivity index (χ1) is 12.6. The number of carbonyl (C=O) groups excluding carboxylic acids is 1. The molecule has 8 heteroatoms. The van der Waals surface area contributed by atoms with E-state index in [0.29, 0.717) is 31.0 Å². The van der Waals surface area contributed by atoms with Crippen molar-refractivity contribution in [1.82, 2.24) is 14.9 Å². The molecule has 0 aliphatic carbocycles. The van der Waals surface area contributed by atoms with Crippen molar-refractivity contribution in [3.8, 4) is 11.5 Å². The Morgan fingerprint density at radius 2 is 2.38 bits per heavy atom. The average Bonchev–Trinajstić information content (AvgIpc) is 3.18. The molecule has 1 amide bonds. The molecule has 1 fully saturated rings. The number of fused-ring (bicyclic) bond motifs is 1. The lowest BCUT2D eigenvalue weighted by Gasteiger charge is -2.46. The molecule has 136 valence electrons. The van der Waals surface area contributed by atoms with Crippen LogP contribution in [0.15, 0.2) is 36.9 Å². The van der Waals surface area contributed by atoms with E-state index < -0.39 is 5.54 Å². The van der Waals surface area contributed by atoms with Crippen molar-refractivity contribution >= 4 is 23.3 Å². The summed E-state index contributed by atoms with van der Waals surface area (Å²) in [6, 6.07) is 5.68. The molecular weight excluding hydrogens is 354 g/mol. The maximum atomic E-state index is 12.2. The fraction of sp³-hybridized carbons (Fsp3) is 0.389. The van der Waals surface area contributed by atoms with Crippen LogP contribution < -0.4 is 14.8 Å². The van der Waals surface area contributed by atoms with Crippen LogP contribution in [0, 0.1) is 0 Å². The Kier molecular flexibility index (Phi) is 4.28. The van der Waals surface area contributed by atoms with Crippen molar-refractivity contribution in [3.63, 3.8) is 0 Å². The number of rotatable bonds is 2. The second kappa shape index (κ2) is 6.60. The molecule has 1 N–H and O–H groups in total. The van der Waals surface area contributed by atoms with E-state index in [2.05, 4.69) is 10.3 Å². The number of aromatic nitrogens is 2. The standard InChI is InChI=1S/C18H19N3O4S/c1-23-13-3-2-4-14-12(13)9-18(10-24-14)15(5-6-16(22)20-18)25-17(26)21-8-7-19-11-21/h2-4,7-8,11,15H,5-6,9-10H2,1H3,(H,20,22). The number of piperidine rings is 1. The monoisotopic (exact) mass is 373 g/mol. The molecule has 0 radical (unpaired) electrons. The summed E-state index contributed by atoms with van der Waals surface area (Å²) in [6.07, 6.45) is 6.15. The molecular formula is C18H19N3O4S. The molecule has 3 heterocycles. The van der Waals surface area contributed by atoms with Gasteiger partial charge >= 0.3 is 0 Å². The molecule has 2 aromatic rings. The van der Waals surface area contributed by atoms with Crippen LogP contribution in [0.5, 0.6) is 11.5 Å². The van der Waals surface area contributed by atoms with Gasteiger partial charge in [0, 0.05) is 30.8 Å². The molecule has 1 spiro atoms. The summed E-state index contributed by atoms with van der Waals surface area (Å²) < 4.78 is 19.2. The van der Waals surface area contributed by atoms with Gasteiger partial charge in [0.2, 0.25) is 5.91 Å². The number of thiocarbonyl (C=S) groups is 1. The minimum absolute atomic E-state index is 0.0136. The summed E-state index contributed by atoms with van der Waals surface area (Å²) in [7, 11) is 1.62. The van der Waals surface area contributed by atoms with Gasteiger partial charge < -0.3 is 19.5 Å². The molecule has 0 saturated carbocycles. The fourth-order valence-electron chi connectivity index (χ4n) is 3.59. The number of benzene rings is 1. The van der Waals surface area contributed by atoms with Crippen molar-refractivity contribution < 1.29 is 19.0 Å². The first-order valence-electron chi connectivity index (χ1n) is 8.40. The maximum absolute atomic E-state index is 12.2. The fourth-order valence-corrected chi connectivity index (χ4v) is 3.81. The van der Waals surface area contributed by atoms with Gasteiger partial charge in [0.15, 0.2) is 0 Å². The van der Waals surface area contributed by atoms with E-state index >= 15 is 0 Å². The summed E-state index contributed by atoms with van der Waals surface area (Å²) in [5.74, 6) is 1.49. The number of hydrogen-bond acceptors (Lipinski definition) is 6. The van der Waals surface area contributed by atoms with Crippen LogP contribution in [0.3, 0.4) is 0 Å². The number of amides is 1. The lowest BCUT2D eigenvalue weighted by atomic mass is 9.79. The van der Waals surface area contributed by atoms with Gasteiger partial charge in [-0.2, -0.15) is 0 Å². The summed E-state index contributed by atoms with van der Waals surface area (Å²) in [6.45, 7) is 0.316. The van der Waals surface area contributed by atoms with E-state index in [1.54, 1.807) is 30.4 Å². The number of nitrogens with one attached hydrogen (secondary N) is 1. The van der Waals surface area contributed by atoms with Crippen LogP contribution in [0.25, 0.3) is 0 Å². The highest BCUT2D eigenvalue weighted by Crippen LogP contribution is 2.40. The third kappa shape index (κ3) is 2.90. The molecule has 26 heavy (non-hydrogen) atoms. The minimum atomic E-state index is -0.693. The predicted octanol–water partition coefficient (Wildman–Crippen LogP) is 1.69. The van der Waals surface area contributed by atoms with Crippen LogP contribution in [0.1, 0.15) is 18.4 Å². The van der Waals surface area contributed by atoms with E-state index in [0.717, 1.165) is 17.1 Å². The van der Waals surface area contributed by atoms with Gasteiger partial charge in [-0.25, -0.2) is 4.98 Å². The number of carbonyl (C=O) groups is 1. The number of methoxy groups -OCH3 is 1. The summed E-state index contributed by atoms with van der Waals surface area (Å²) in [5.41, 5.74) is 0.229. The number of hydrogen-bond donors (Lipinski definition) is 1. The molecule has 1 saturated heterocycles. The largest absolute Gasteiger partial charge is 0.496 e. The summed E-state index contributed by atoms with van der Waals surface area (Å²) in [4.78, 5) is 16.2. The van der Waals surface area contributed by atoms with Gasteiger partial charge in [0.1, 0.15) is 36.1 Å². The van der Waals surface area contributed by atoms with Gasteiger partial charge in [-0.3, -0.25) is 9.36 Å². The van der Waals surface area contributed by atoms with Crippen molar-refractivity contribution in [2.24, 2.45) is 0 Å². The third-order valence-corrected chi connectivity index (χ3v) is 5.19. The normalized spacial score (nSPS) is 24.3. The maximum Gasteiger partial charge on any atom is 0.269 e. The Morgan fingerprint density at radius 1 is 1.50 bits per heavy atom. The Labute approximate surface area is 156 Å². The highest BCUT2D eigenvalue weighted by molar-refractivity contribution is 7.80. The van der Waals surface area contributed by atoms with E-state index in [1.807, 2.05) is 18.2 Å². The molecule has 2 aliphatic rings. The Balaban J connectivity index is 1.64. The third-order valence-electron chi connectivity index (χ3n) is 4.88. The Bertz CT molecular complexity index is 825. The van der Waals surface area contributed by atoms with Gasteiger partial charge in [0.05, 0.1) is 7.11 Å². The number of ether oxygens (including phenoxy) is 3. The highest BCUT2D eigenvalue weighted by Gasteiger charge is 2.49. The quantitative estimate of drug-likeness (QED) is 0.808. The van der Waals surface area contributed by atoms with Gasteiger partial charge in [-0.15, -0.1) is 0 Å². The average molecular weight is 373 g/mol. The summed E-state index contributed by atoms with van der Waals surface area (Å²) >= 11 is 5.39. The van der Waals surface area contributed by atoms with E-state index in [-0.39, 0.29) is 12.0 Å². The molecule has 4 rings (SSSR count). The van der Waals surface area contributed by atoms with Crippen molar-refractivity contribution in [2.75, 3.05) is 13.7 Å². The van der Waals surface area contributed by atoms with Gasteiger partial charge in [-0.1, -0.05) is 6.07 Å². The van der Waals surface area contributed by atoms with Crippen LogP contribution in [-0.4, -0.2) is 46.0 Å². The van der Waals surface area contributed by atoms with E-state index in [1.165, 1.54) is 0 Å². The lowest BCUT2D eigenvalue weighted by Crippen LogP contribution is -2.66. The lowest BCUT2D eigenvalue weighted by molar-refractivity contribution is -0.130. The molecule has 2 unspecified atom stereocenters. The number of nitrogens with zero attached hydrogens (tertiary/aromatic N) is 2. The topological polar surface area (TPSA) is 74.6 Å². The molecule has 1 aromatic carbocycles. The minimum Gasteiger partial charge on any atom is -0.496 e. The summed E-state index contributed by atoms with van der Waals surface area (Å²) in [5, 5.41) is 3.40. The predicted molar refractivity (Wildman–Crippen MR) is 97.4 cm³/mol. The molecule has 7 nitrogen and oxygen atoms in total. The van der Waals surface area contributed by atoms with Crippen molar-refractivity contribution in [1.29, 1.82) is 0 Å². The Morgan fingerprint density at radius 3 is 3.15 bits per heavy atom. The number of imidazole rings is 1. The molecule has 0 bridgehead atoms. The van der Waals surface area contributed by atoms with E-state index in [4.69, 9.17) is 26.4 Å².